The van der Waals surface area contributed by atoms with E-state index in [1.165, 1.54) is 0 Å². The summed E-state index contributed by atoms with van der Waals surface area (Å²) in [6.45, 7) is 3.88. The number of hydrogen-bond acceptors (Lipinski definition) is 1. The van der Waals surface area contributed by atoms with Gasteiger partial charge in [0.05, 0.1) is 5.41 Å². The van der Waals surface area contributed by atoms with Crippen molar-refractivity contribution in [2.45, 2.75) is 20.3 Å². The highest BCUT2D eigenvalue weighted by molar-refractivity contribution is 6.30. The summed E-state index contributed by atoms with van der Waals surface area (Å²) in [4.78, 5) is 12.6. The maximum absolute atomic E-state index is 12.6. The highest BCUT2D eigenvalue weighted by Crippen LogP contribution is 2.26. The third-order valence-electron chi connectivity index (χ3n) is 3.57. The summed E-state index contributed by atoms with van der Waals surface area (Å²) in [5.41, 5.74) is 0.883. The van der Waals surface area contributed by atoms with Gasteiger partial charge in [0.2, 0.25) is 0 Å². The zero-order valence-electron chi connectivity index (χ0n) is 12.2. The van der Waals surface area contributed by atoms with E-state index in [0.29, 0.717) is 17.0 Å². The number of carbonyl (C=O) groups is 1. The fourth-order valence-corrected chi connectivity index (χ4v) is 2.08. The summed E-state index contributed by atoms with van der Waals surface area (Å²) < 4.78 is 0. The van der Waals surface area contributed by atoms with Crippen molar-refractivity contribution in [2.24, 2.45) is 5.41 Å². The minimum atomic E-state index is -0.680. The van der Waals surface area contributed by atoms with Crippen molar-refractivity contribution in [1.82, 2.24) is 0 Å². The third-order valence-corrected chi connectivity index (χ3v) is 3.82. The van der Waals surface area contributed by atoms with E-state index >= 15 is 0 Å². The molecule has 0 aliphatic rings. The normalized spacial score (nSPS) is 12.9. The highest BCUT2D eigenvalue weighted by Gasteiger charge is 2.29. The number of Topliss-reactive ketones (excluding diaryl/α,β-unsaturated/α-hetero) is 1. The number of benzene rings is 2. The molecule has 2 aromatic rings. The maximum Gasteiger partial charge on any atom is 0.180 e. The first kappa shape index (κ1) is 15.4. The summed E-state index contributed by atoms with van der Waals surface area (Å²) in [5.74, 6) is 6.28. The molecule has 106 valence electrons. The van der Waals surface area contributed by atoms with E-state index in [1.807, 2.05) is 56.3 Å². The lowest BCUT2D eigenvalue weighted by Crippen LogP contribution is -2.25. The van der Waals surface area contributed by atoms with Crippen molar-refractivity contribution in [1.29, 1.82) is 0 Å². The number of halogens is 1. The summed E-state index contributed by atoms with van der Waals surface area (Å²) in [7, 11) is 0. The molecule has 0 aliphatic carbocycles. The molecule has 0 heterocycles. The molecule has 1 unspecified atom stereocenters. The van der Waals surface area contributed by atoms with E-state index in [0.717, 1.165) is 5.56 Å². The molecule has 2 rings (SSSR count). The monoisotopic (exact) mass is 296 g/mol. The Kier molecular flexibility index (Phi) is 4.83. The third kappa shape index (κ3) is 3.74. The summed E-state index contributed by atoms with van der Waals surface area (Å²) >= 11 is 5.86. The second-order valence-corrected chi connectivity index (χ2v) is 5.57. The first-order chi connectivity index (χ1) is 10.0. The van der Waals surface area contributed by atoms with E-state index in [4.69, 9.17) is 11.6 Å². The molecule has 0 N–H and O–H groups in total. The molecular formula is C19H17ClO. The zero-order chi connectivity index (χ0) is 15.3. The fraction of sp³-hybridized carbons (Fsp3) is 0.211. The van der Waals surface area contributed by atoms with Crippen LogP contribution < -0.4 is 0 Å². The largest absolute Gasteiger partial charge is 0.292 e. The van der Waals surface area contributed by atoms with Crippen molar-refractivity contribution >= 4 is 17.4 Å². The van der Waals surface area contributed by atoms with E-state index in [2.05, 4.69) is 11.8 Å². The van der Waals surface area contributed by atoms with E-state index in [9.17, 15) is 4.79 Å². The number of hydrogen-bond donors (Lipinski definition) is 0. The second-order valence-electron chi connectivity index (χ2n) is 5.14. The first-order valence-electron chi connectivity index (χ1n) is 6.94. The van der Waals surface area contributed by atoms with Gasteiger partial charge in [-0.05, 0) is 37.6 Å². The van der Waals surface area contributed by atoms with Gasteiger partial charge in [0.1, 0.15) is 0 Å². The van der Waals surface area contributed by atoms with Gasteiger partial charge in [0.15, 0.2) is 5.78 Å². The minimum absolute atomic E-state index is 0.0621. The van der Waals surface area contributed by atoms with Crippen molar-refractivity contribution < 1.29 is 4.79 Å². The van der Waals surface area contributed by atoms with Gasteiger partial charge in [0.25, 0.3) is 0 Å². The van der Waals surface area contributed by atoms with Crippen LogP contribution in [0.2, 0.25) is 5.02 Å². The smallest absolute Gasteiger partial charge is 0.180 e. The Morgan fingerprint density at radius 3 is 2.29 bits per heavy atom. The molecule has 0 aromatic heterocycles. The van der Waals surface area contributed by atoms with Crippen LogP contribution in [-0.2, 0) is 0 Å². The summed E-state index contributed by atoms with van der Waals surface area (Å²) in [5, 5.41) is 0.680. The van der Waals surface area contributed by atoms with Gasteiger partial charge in [0, 0.05) is 16.1 Å². The van der Waals surface area contributed by atoms with Crippen molar-refractivity contribution in [3.8, 4) is 11.8 Å². The lowest BCUT2D eigenvalue weighted by Gasteiger charge is -2.20. The van der Waals surface area contributed by atoms with Crippen LogP contribution in [0.1, 0.15) is 36.2 Å². The Labute approximate surface area is 131 Å². The van der Waals surface area contributed by atoms with Crippen LogP contribution in [0.3, 0.4) is 0 Å². The fourth-order valence-electron chi connectivity index (χ4n) is 1.96. The topological polar surface area (TPSA) is 17.1 Å². The molecule has 0 amide bonds. The lowest BCUT2D eigenvalue weighted by atomic mass is 9.80. The van der Waals surface area contributed by atoms with Gasteiger partial charge in [-0.3, -0.25) is 4.79 Å². The van der Waals surface area contributed by atoms with Gasteiger partial charge in [-0.25, -0.2) is 0 Å². The quantitative estimate of drug-likeness (QED) is 0.576. The van der Waals surface area contributed by atoms with Crippen LogP contribution in [0.5, 0.6) is 0 Å². The summed E-state index contributed by atoms with van der Waals surface area (Å²) in [6, 6.07) is 16.6. The standard InChI is InChI=1S/C19H17ClO/c1-3-19(2,18(21)16-7-5-4-6-8-16)14-13-15-9-11-17(20)12-10-15/h4-12H,3H2,1-2H3. The molecule has 0 radical (unpaired) electrons. The van der Waals surface area contributed by atoms with Crippen LogP contribution in [0.15, 0.2) is 54.6 Å². The van der Waals surface area contributed by atoms with E-state index in [1.54, 1.807) is 12.1 Å². The molecule has 0 saturated heterocycles. The van der Waals surface area contributed by atoms with Gasteiger partial charge >= 0.3 is 0 Å². The molecule has 2 heteroatoms. The van der Waals surface area contributed by atoms with E-state index in [-0.39, 0.29) is 5.78 Å². The van der Waals surface area contributed by atoms with E-state index < -0.39 is 5.41 Å². The highest BCUT2D eigenvalue weighted by atomic mass is 35.5. The summed E-state index contributed by atoms with van der Waals surface area (Å²) in [6.07, 6.45) is 0.668. The molecule has 0 aliphatic heterocycles. The SMILES string of the molecule is CCC(C)(C#Cc1ccc(Cl)cc1)C(=O)c1ccccc1. The molecule has 2 aromatic carbocycles. The first-order valence-corrected chi connectivity index (χ1v) is 7.31. The molecule has 0 saturated carbocycles. The number of ketones is 1. The molecule has 0 bridgehead atoms. The van der Waals surface area contributed by atoms with Crippen LogP contribution in [0.25, 0.3) is 0 Å². The van der Waals surface area contributed by atoms with Gasteiger partial charge in [-0.15, -0.1) is 0 Å². The minimum Gasteiger partial charge on any atom is -0.292 e. The maximum atomic E-state index is 12.6. The Bertz CT molecular complexity index is 677. The van der Waals surface area contributed by atoms with Gasteiger partial charge < -0.3 is 0 Å². The van der Waals surface area contributed by atoms with Crippen LogP contribution in [-0.4, -0.2) is 5.78 Å². The average Bonchev–Trinajstić information content (AvgIpc) is 2.54. The second kappa shape index (κ2) is 6.61. The zero-order valence-corrected chi connectivity index (χ0v) is 12.9. The van der Waals surface area contributed by atoms with Crippen LogP contribution >= 0.6 is 11.6 Å². The predicted molar refractivity (Wildman–Crippen MR) is 87.5 cm³/mol. The van der Waals surface area contributed by atoms with Crippen molar-refractivity contribution in [3.05, 3.63) is 70.7 Å². The Balaban J connectivity index is 2.30. The average molecular weight is 297 g/mol. The van der Waals surface area contributed by atoms with Crippen molar-refractivity contribution in [2.75, 3.05) is 0 Å². The van der Waals surface area contributed by atoms with Crippen LogP contribution in [0.4, 0.5) is 0 Å². The number of carbonyl (C=O) groups excluding carboxylic acids is 1. The molecule has 0 spiro atoms. The molecule has 1 nitrogen and oxygen atoms in total. The van der Waals surface area contributed by atoms with Crippen LogP contribution in [0, 0.1) is 17.3 Å². The van der Waals surface area contributed by atoms with Gasteiger partial charge in [-0.1, -0.05) is 60.7 Å². The molecule has 1 atom stereocenters. The van der Waals surface area contributed by atoms with Crippen molar-refractivity contribution in [3.63, 3.8) is 0 Å². The molecule has 21 heavy (non-hydrogen) atoms. The lowest BCUT2D eigenvalue weighted by molar-refractivity contribution is 0.0874. The predicted octanol–water partition coefficient (Wildman–Crippen LogP) is 4.99. The molecular weight excluding hydrogens is 280 g/mol. The Hall–Kier alpha value is -2.04. The molecule has 0 fully saturated rings. The Morgan fingerprint density at radius 1 is 1.10 bits per heavy atom. The van der Waals surface area contributed by atoms with Gasteiger partial charge in [-0.2, -0.15) is 0 Å². The number of rotatable bonds is 3. The Morgan fingerprint density at radius 2 is 1.71 bits per heavy atom.